The van der Waals surface area contributed by atoms with E-state index < -0.39 is 5.97 Å². The van der Waals surface area contributed by atoms with Crippen molar-refractivity contribution in [1.82, 2.24) is 0 Å². The van der Waals surface area contributed by atoms with Gasteiger partial charge in [0.25, 0.3) is 0 Å². The fraction of sp³-hybridized carbons (Fsp3) is 0.833. The third kappa shape index (κ3) is 7.26. The first kappa shape index (κ1) is 14.9. The summed E-state index contributed by atoms with van der Waals surface area (Å²) in [6, 6.07) is 0. The number of hydrogen-bond acceptors (Lipinski definition) is 3. The number of carboxylic acids is 1. The minimum absolute atomic E-state index is 0.126. The molecule has 0 rings (SSSR count). The maximum Gasteiger partial charge on any atom is 0.308 e. The normalized spacial score (nSPS) is 12.1. The highest BCUT2D eigenvalue weighted by molar-refractivity contribution is 5.72. The first-order chi connectivity index (χ1) is 7.61. The monoisotopic (exact) mass is 230 g/mol. The van der Waals surface area contributed by atoms with E-state index in [9.17, 15) is 9.59 Å². The Morgan fingerprint density at radius 2 is 1.81 bits per heavy atom. The highest BCUT2D eigenvalue weighted by atomic mass is 16.5. The van der Waals surface area contributed by atoms with Crippen molar-refractivity contribution in [2.24, 2.45) is 5.92 Å². The molecule has 0 aliphatic carbocycles. The summed E-state index contributed by atoms with van der Waals surface area (Å²) in [7, 11) is 0. The molecule has 0 aromatic carbocycles. The van der Waals surface area contributed by atoms with Crippen LogP contribution in [0, 0.1) is 5.92 Å². The number of carbonyl (C=O) groups excluding carboxylic acids is 1. The Labute approximate surface area is 97.0 Å². The summed E-state index contributed by atoms with van der Waals surface area (Å²) < 4.78 is 4.97. The summed E-state index contributed by atoms with van der Waals surface area (Å²) in [6.07, 6.45) is 4.11. The van der Waals surface area contributed by atoms with Crippen LogP contribution in [0.15, 0.2) is 0 Å². The zero-order chi connectivity index (χ0) is 12.4. The molecule has 94 valence electrons. The molecule has 0 heterocycles. The van der Waals surface area contributed by atoms with Gasteiger partial charge in [0.1, 0.15) is 0 Å². The van der Waals surface area contributed by atoms with Gasteiger partial charge in [0, 0.05) is 6.42 Å². The molecular formula is C12H22O4. The molecule has 0 aliphatic heterocycles. The van der Waals surface area contributed by atoms with Crippen LogP contribution in [-0.2, 0) is 14.3 Å². The smallest absolute Gasteiger partial charge is 0.308 e. The maximum absolute atomic E-state index is 11.6. The quantitative estimate of drug-likeness (QED) is 0.618. The van der Waals surface area contributed by atoms with Crippen LogP contribution in [0.1, 0.15) is 52.4 Å². The number of carbonyl (C=O) groups is 2. The molecular weight excluding hydrogens is 208 g/mol. The Bertz CT molecular complexity index is 213. The molecule has 16 heavy (non-hydrogen) atoms. The lowest BCUT2D eigenvalue weighted by Crippen LogP contribution is -2.18. The lowest BCUT2D eigenvalue weighted by Gasteiger charge is -2.14. The summed E-state index contributed by atoms with van der Waals surface area (Å²) in [6.45, 7) is 4.24. The molecule has 0 saturated heterocycles. The molecule has 4 heteroatoms. The van der Waals surface area contributed by atoms with Crippen LogP contribution in [-0.4, -0.2) is 23.7 Å². The van der Waals surface area contributed by atoms with Crippen LogP contribution in [0.3, 0.4) is 0 Å². The van der Waals surface area contributed by atoms with Crippen molar-refractivity contribution in [2.75, 3.05) is 6.61 Å². The third-order valence-corrected chi connectivity index (χ3v) is 2.47. The van der Waals surface area contributed by atoms with Gasteiger partial charge in [-0.3, -0.25) is 9.59 Å². The average molecular weight is 230 g/mol. The summed E-state index contributed by atoms with van der Waals surface area (Å²) in [5.74, 6) is -1.11. The van der Waals surface area contributed by atoms with Gasteiger partial charge in [0.2, 0.25) is 0 Å². The molecule has 0 fully saturated rings. The standard InChI is InChI=1S/C12H22O4/c1-3-5-7-10(12(15)16-4-2)8-6-9-11(13)14/h10H,3-9H2,1-2H3,(H,13,14). The van der Waals surface area contributed by atoms with Crippen molar-refractivity contribution >= 4 is 11.9 Å². The van der Waals surface area contributed by atoms with Gasteiger partial charge in [0.05, 0.1) is 12.5 Å². The Hall–Kier alpha value is -1.06. The van der Waals surface area contributed by atoms with Crippen molar-refractivity contribution in [3.63, 3.8) is 0 Å². The summed E-state index contributed by atoms with van der Waals surface area (Å²) >= 11 is 0. The fourth-order valence-corrected chi connectivity index (χ4v) is 1.59. The molecule has 0 radical (unpaired) electrons. The first-order valence-electron chi connectivity index (χ1n) is 6.00. The molecule has 1 atom stereocenters. The van der Waals surface area contributed by atoms with Gasteiger partial charge < -0.3 is 9.84 Å². The fourth-order valence-electron chi connectivity index (χ4n) is 1.59. The molecule has 1 N–H and O–H groups in total. The zero-order valence-electron chi connectivity index (χ0n) is 10.2. The van der Waals surface area contributed by atoms with Gasteiger partial charge in [0.15, 0.2) is 0 Å². The minimum Gasteiger partial charge on any atom is -0.481 e. The van der Waals surface area contributed by atoms with E-state index >= 15 is 0 Å². The highest BCUT2D eigenvalue weighted by Crippen LogP contribution is 2.17. The van der Waals surface area contributed by atoms with Crippen LogP contribution in [0.5, 0.6) is 0 Å². The van der Waals surface area contributed by atoms with Crippen molar-refractivity contribution in [1.29, 1.82) is 0 Å². The molecule has 0 amide bonds. The van der Waals surface area contributed by atoms with E-state index in [0.29, 0.717) is 19.4 Å². The number of carboxylic acid groups (broad SMARTS) is 1. The molecule has 0 aromatic heterocycles. The summed E-state index contributed by atoms with van der Waals surface area (Å²) in [4.78, 5) is 21.9. The second kappa shape index (κ2) is 9.19. The first-order valence-corrected chi connectivity index (χ1v) is 6.00. The largest absolute Gasteiger partial charge is 0.481 e. The van der Waals surface area contributed by atoms with E-state index in [-0.39, 0.29) is 18.3 Å². The molecule has 0 aromatic rings. The van der Waals surface area contributed by atoms with Crippen LogP contribution in [0.4, 0.5) is 0 Å². The lowest BCUT2D eigenvalue weighted by atomic mass is 9.96. The molecule has 0 bridgehead atoms. The zero-order valence-corrected chi connectivity index (χ0v) is 10.2. The summed E-state index contributed by atoms with van der Waals surface area (Å²) in [5, 5.41) is 8.53. The predicted molar refractivity (Wildman–Crippen MR) is 61.1 cm³/mol. The number of rotatable bonds is 9. The molecule has 0 saturated carbocycles. The van der Waals surface area contributed by atoms with Crippen molar-refractivity contribution in [2.45, 2.75) is 52.4 Å². The highest BCUT2D eigenvalue weighted by Gasteiger charge is 2.18. The predicted octanol–water partition coefficient (Wildman–Crippen LogP) is 2.61. The average Bonchev–Trinajstić information content (AvgIpc) is 2.22. The van der Waals surface area contributed by atoms with E-state index in [1.165, 1.54) is 0 Å². The number of esters is 1. The van der Waals surface area contributed by atoms with Gasteiger partial charge in [-0.15, -0.1) is 0 Å². The van der Waals surface area contributed by atoms with Gasteiger partial charge in [-0.05, 0) is 26.2 Å². The van der Waals surface area contributed by atoms with E-state index in [1.54, 1.807) is 6.92 Å². The van der Waals surface area contributed by atoms with Crippen molar-refractivity contribution in [3.05, 3.63) is 0 Å². The Balaban J connectivity index is 3.98. The Morgan fingerprint density at radius 1 is 1.19 bits per heavy atom. The van der Waals surface area contributed by atoms with Gasteiger partial charge in [-0.1, -0.05) is 19.8 Å². The van der Waals surface area contributed by atoms with Gasteiger partial charge >= 0.3 is 11.9 Å². The molecule has 0 spiro atoms. The van der Waals surface area contributed by atoms with Gasteiger partial charge in [-0.2, -0.15) is 0 Å². The second-order valence-corrected chi connectivity index (χ2v) is 3.88. The topological polar surface area (TPSA) is 63.6 Å². The van der Waals surface area contributed by atoms with E-state index in [4.69, 9.17) is 9.84 Å². The maximum atomic E-state index is 11.6. The number of ether oxygens (including phenoxy) is 1. The Morgan fingerprint density at radius 3 is 2.31 bits per heavy atom. The number of hydrogen-bond donors (Lipinski definition) is 1. The molecule has 4 nitrogen and oxygen atoms in total. The van der Waals surface area contributed by atoms with Crippen LogP contribution < -0.4 is 0 Å². The summed E-state index contributed by atoms with van der Waals surface area (Å²) in [5.41, 5.74) is 0. The Kier molecular flexibility index (Phi) is 8.58. The molecule has 1 unspecified atom stereocenters. The second-order valence-electron chi connectivity index (χ2n) is 3.88. The van der Waals surface area contributed by atoms with Crippen LogP contribution in [0.25, 0.3) is 0 Å². The SMILES string of the molecule is CCCCC(CCCC(=O)O)C(=O)OCC. The minimum atomic E-state index is -0.807. The van der Waals surface area contributed by atoms with Gasteiger partial charge in [-0.25, -0.2) is 0 Å². The third-order valence-electron chi connectivity index (χ3n) is 2.47. The lowest BCUT2D eigenvalue weighted by molar-refractivity contribution is -0.149. The van der Waals surface area contributed by atoms with Crippen molar-refractivity contribution < 1.29 is 19.4 Å². The van der Waals surface area contributed by atoms with Crippen molar-refractivity contribution in [3.8, 4) is 0 Å². The number of aliphatic carboxylic acids is 1. The van der Waals surface area contributed by atoms with Crippen LogP contribution >= 0.6 is 0 Å². The number of unbranched alkanes of at least 4 members (excludes halogenated alkanes) is 1. The van der Waals surface area contributed by atoms with E-state index in [1.807, 2.05) is 0 Å². The van der Waals surface area contributed by atoms with E-state index in [2.05, 4.69) is 6.92 Å². The molecule has 0 aliphatic rings. The van der Waals surface area contributed by atoms with Crippen LogP contribution in [0.2, 0.25) is 0 Å². The van der Waals surface area contributed by atoms with E-state index in [0.717, 1.165) is 19.3 Å².